The van der Waals surface area contributed by atoms with Gasteiger partial charge in [-0.1, -0.05) is 37.2 Å². The van der Waals surface area contributed by atoms with Crippen LogP contribution in [0.15, 0.2) is 34.9 Å². The van der Waals surface area contributed by atoms with Gasteiger partial charge in [0.1, 0.15) is 5.54 Å². The molecule has 0 bridgehead atoms. The molecule has 1 aliphatic rings. The van der Waals surface area contributed by atoms with Crippen LogP contribution in [-0.2, 0) is 16.8 Å². The highest BCUT2D eigenvalue weighted by molar-refractivity contribution is 5.85. The summed E-state index contributed by atoms with van der Waals surface area (Å²) >= 11 is 0. The smallest absolute Gasteiger partial charge is 0.247 e. The SMILES string of the molecule is CCOC1CC(N)(c2nc(-c3cccc(Cn4nc(C)cc4C)c3)no2)C1(C)C.Cl. The van der Waals surface area contributed by atoms with Gasteiger partial charge in [0.05, 0.1) is 18.3 Å². The molecule has 2 unspecified atom stereocenters. The lowest BCUT2D eigenvalue weighted by atomic mass is 9.54. The lowest BCUT2D eigenvalue weighted by molar-refractivity contribution is -0.162. The Morgan fingerprint density at radius 2 is 2.03 bits per heavy atom. The van der Waals surface area contributed by atoms with E-state index >= 15 is 0 Å². The van der Waals surface area contributed by atoms with Gasteiger partial charge in [-0.05, 0) is 38.5 Å². The molecule has 2 N–H and O–H groups in total. The third kappa shape index (κ3) is 3.66. The number of benzene rings is 1. The molecule has 1 saturated carbocycles. The second kappa shape index (κ2) is 8.13. The number of nitrogens with zero attached hydrogens (tertiary/aromatic N) is 4. The highest BCUT2D eigenvalue weighted by Gasteiger charge is 2.62. The maximum Gasteiger partial charge on any atom is 0.247 e. The van der Waals surface area contributed by atoms with Crippen molar-refractivity contribution in [3.05, 3.63) is 53.2 Å². The minimum Gasteiger partial charge on any atom is -0.378 e. The Balaban J connectivity index is 0.00000256. The molecule has 2 heterocycles. The molecule has 0 amide bonds. The fourth-order valence-corrected chi connectivity index (χ4v) is 4.14. The van der Waals surface area contributed by atoms with Gasteiger partial charge in [0, 0.05) is 29.7 Å². The van der Waals surface area contributed by atoms with Crippen molar-refractivity contribution in [2.75, 3.05) is 6.61 Å². The minimum atomic E-state index is -0.681. The van der Waals surface area contributed by atoms with E-state index in [0.717, 1.165) is 22.5 Å². The van der Waals surface area contributed by atoms with E-state index in [2.05, 4.69) is 54.2 Å². The van der Waals surface area contributed by atoms with Gasteiger partial charge in [-0.3, -0.25) is 4.68 Å². The first-order valence-electron chi connectivity index (χ1n) is 10.1. The molecule has 2 aromatic heterocycles. The van der Waals surface area contributed by atoms with Gasteiger partial charge in [-0.15, -0.1) is 12.4 Å². The summed E-state index contributed by atoms with van der Waals surface area (Å²) in [6.45, 7) is 11.6. The lowest BCUT2D eigenvalue weighted by Gasteiger charge is -2.56. The average molecular weight is 432 g/mol. The Bertz CT molecular complexity index is 1030. The van der Waals surface area contributed by atoms with E-state index in [1.54, 1.807) is 0 Å². The zero-order valence-electron chi connectivity index (χ0n) is 18.2. The van der Waals surface area contributed by atoms with E-state index in [4.69, 9.17) is 15.0 Å². The van der Waals surface area contributed by atoms with E-state index in [0.29, 0.717) is 31.3 Å². The number of hydrogen-bond acceptors (Lipinski definition) is 6. The van der Waals surface area contributed by atoms with E-state index in [1.807, 2.05) is 30.7 Å². The molecule has 4 rings (SSSR count). The molecule has 0 aliphatic heterocycles. The van der Waals surface area contributed by atoms with Crippen LogP contribution in [0, 0.1) is 19.3 Å². The molecule has 0 spiro atoms. The number of ether oxygens (including phenoxy) is 1. The van der Waals surface area contributed by atoms with Crippen LogP contribution in [0.5, 0.6) is 0 Å². The summed E-state index contributed by atoms with van der Waals surface area (Å²) in [5.41, 5.74) is 9.91. The first kappa shape index (κ1) is 22.5. The Labute approximate surface area is 183 Å². The number of nitrogens with two attached hydrogens (primary N) is 1. The number of halogens is 1. The predicted octanol–water partition coefficient (Wildman–Crippen LogP) is 4.01. The second-order valence-corrected chi connectivity index (χ2v) is 8.55. The summed E-state index contributed by atoms with van der Waals surface area (Å²) < 4.78 is 13.4. The van der Waals surface area contributed by atoms with Gasteiger partial charge in [0.2, 0.25) is 11.7 Å². The van der Waals surface area contributed by atoms with E-state index in [-0.39, 0.29) is 23.9 Å². The third-order valence-electron chi connectivity index (χ3n) is 6.26. The number of hydrogen-bond donors (Lipinski definition) is 1. The molecule has 3 aromatic rings. The first-order chi connectivity index (χ1) is 13.7. The van der Waals surface area contributed by atoms with Crippen molar-refractivity contribution in [3.63, 3.8) is 0 Å². The normalized spacial score (nSPS) is 22.4. The van der Waals surface area contributed by atoms with E-state index in [1.165, 1.54) is 0 Å². The summed E-state index contributed by atoms with van der Waals surface area (Å²) in [7, 11) is 0. The van der Waals surface area contributed by atoms with Crippen LogP contribution in [0.1, 0.15) is 50.0 Å². The highest BCUT2D eigenvalue weighted by Crippen LogP contribution is 2.55. The largest absolute Gasteiger partial charge is 0.378 e. The van der Waals surface area contributed by atoms with Crippen LogP contribution in [-0.4, -0.2) is 32.6 Å². The number of aromatic nitrogens is 4. The summed E-state index contributed by atoms with van der Waals surface area (Å²) in [4.78, 5) is 4.65. The topological polar surface area (TPSA) is 92.0 Å². The van der Waals surface area contributed by atoms with Gasteiger partial charge in [-0.2, -0.15) is 10.1 Å². The summed E-state index contributed by atoms with van der Waals surface area (Å²) in [5.74, 6) is 1.02. The quantitative estimate of drug-likeness (QED) is 0.633. The molecule has 8 heteroatoms. The summed E-state index contributed by atoms with van der Waals surface area (Å²) in [6, 6.07) is 10.2. The monoisotopic (exact) mass is 431 g/mol. The van der Waals surface area contributed by atoms with Crippen molar-refractivity contribution < 1.29 is 9.26 Å². The van der Waals surface area contributed by atoms with Gasteiger partial charge in [0.25, 0.3) is 0 Å². The predicted molar refractivity (Wildman–Crippen MR) is 117 cm³/mol. The zero-order chi connectivity index (χ0) is 20.8. The van der Waals surface area contributed by atoms with Crippen molar-refractivity contribution in [2.45, 2.75) is 59.2 Å². The van der Waals surface area contributed by atoms with Crippen molar-refractivity contribution in [3.8, 4) is 11.4 Å². The highest BCUT2D eigenvalue weighted by atomic mass is 35.5. The number of rotatable bonds is 6. The second-order valence-electron chi connectivity index (χ2n) is 8.55. The molecule has 1 aliphatic carbocycles. The maximum absolute atomic E-state index is 6.68. The molecule has 2 atom stereocenters. The Morgan fingerprint density at radius 1 is 1.27 bits per heavy atom. The van der Waals surface area contributed by atoms with Gasteiger partial charge in [0.15, 0.2) is 0 Å². The van der Waals surface area contributed by atoms with Crippen LogP contribution in [0.2, 0.25) is 0 Å². The Kier molecular flexibility index (Phi) is 6.09. The molecular weight excluding hydrogens is 402 g/mol. The van der Waals surface area contributed by atoms with Gasteiger partial charge >= 0.3 is 0 Å². The van der Waals surface area contributed by atoms with Crippen LogP contribution >= 0.6 is 12.4 Å². The summed E-state index contributed by atoms with van der Waals surface area (Å²) in [6.07, 6.45) is 0.768. The van der Waals surface area contributed by atoms with Crippen molar-refractivity contribution in [1.29, 1.82) is 0 Å². The van der Waals surface area contributed by atoms with Crippen molar-refractivity contribution >= 4 is 12.4 Å². The average Bonchev–Trinajstić information content (AvgIpc) is 3.29. The molecule has 30 heavy (non-hydrogen) atoms. The fraction of sp³-hybridized carbons (Fsp3) is 0.500. The number of aryl methyl sites for hydroxylation is 2. The molecule has 7 nitrogen and oxygen atoms in total. The Hall–Kier alpha value is -2.22. The van der Waals surface area contributed by atoms with Crippen LogP contribution in [0.4, 0.5) is 0 Å². The van der Waals surface area contributed by atoms with E-state index < -0.39 is 5.54 Å². The molecule has 1 aromatic carbocycles. The van der Waals surface area contributed by atoms with Crippen LogP contribution in [0.3, 0.4) is 0 Å². The minimum absolute atomic E-state index is 0. The fourth-order valence-electron chi connectivity index (χ4n) is 4.14. The van der Waals surface area contributed by atoms with Crippen molar-refractivity contribution in [1.82, 2.24) is 19.9 Å². The first-order valence-corrected chi connectivity index (χ1v) is 10.1. The van der Waals surface area contributed by atoms with Gasteiger partial charge < -0.3 is 15.0 Å². The zero-order valence-corrected chi connectivity index (χ0v) is 19.0. The van der Waals surface area contributed by atoms with Crippen molar-refractivity contribution in [2.24, 2.45) is 11.1 Å². The Morgan fingerprint density at radius 3 is 2.67 bits per heavy atom. The molecule has 162 valence electrons. The molecule has 0 saturated heterocycles. The lowest BCUT2D eigenvalue weighted by Crippen LogP contribution is -2.67. The van der Waals surface area contributed by atoms with Crippen LogP contribution in [0.25, 0.3) is 11.4 Å². The summed E-state index contributed by atoms with van der Waals surface area (Å²) in [5, 5.41) is 8.75. The molecule has 0 radical (unpaired) electrons. The van der Waals surface area contributed by atoms with E-state index in [9.17, 15) is 0 Å². The third-order valence-corrected chi connectivity index (χ3v) is 6.26. The van der Waals surface area contributed by atoms with Gasteiger partial charge in [-0.25, -0.2) is 0 Å². The standard InChI is InChI=1S/C22H29N5O2.ClH/c1-6-28-18-12-22(23,21(18,4)5)20-24-19(26-29-20)17-9-7-8-16(11-17)13-27-15(3)10-14(2)25-27;/h7-11,18H,6,12-13,23H2,1-5H3;1H. The molecule has 1 fully saturated rings. The van der Waals surface area contributed by atoms with Crippen LogP contribution < -0.4 is 5.73 Å². The maximum atomic E-state index is 6.68. The molecular formula is C22H30ClN5O2.